The van der Waals surface area contributed by atoms with E-state index >= 15 is 0 Å². The molecule has 0 radical (unpaired) electrons. The van der Waals surface area contributed by atoms with Crippen molar-refractivity contribution in [2.24, 2.45) is 0 Å². The predicted octanol–water partition coefficient (Wildman–Crippen LogP) is 4.46. The average molecular weight is 298 g/mol. The van der Waals surface area contributed by atoms with Crippen LogP contribution in [0.3, 0.4) is 0 Å². The summed E-state index contributed by atoms with van der Waals surface area (Å²) in [6.07, 6.45) is 2.36. The molecule has 0 spiro atoms. The first-order valence-electron chi connectivity index (χ1n) is 6.88. The quantitative estimate of drug-likeness (QED) is 0.833. The van der Waals surface area contributed by atoms with Gasteiger partial charge in [-0.1, -0.05) is 48.0 Å². The molecule has 0 saturated carbocycles. The molecule has 0 bridgehead atoms. The van der Waals surface area contributed by atoms with Crippen molar-refractivity contribution in [1.29, 1.82) is 0 Å². The number of benzene rings is 2. The number of fused-ring (bicyclic) bond motifs is 1. The molecule has 0 aromatic heterocycles. The Kier molecular flexibility index (Phi) is 3.34. The van der Waals surface area contributed by atoms with E-state index in [2.05, 4.69) is 11.9 Å². The van der Waals surface area contributed by atoms with Crippen molar-refractivity contribution in [3.05, 3.63) is 76.8 Å². The Morgan fingerprint density at radius 2 is 2.00 bits per heavy atom. The number of hydrogen-bond acceptors (Lipinski definition) is 1. The molecule has 21 heavy (non-hydrogen) atoms. The molecule has 1 unspecified atom stereocenters. The number of carbonyl (C=O) groups is 1. The first kappa shape index (κ1) is 13.9. The maximum absolute atomic E-state index is 12.8. The van der Waals surface area contributed by atoms with Crippen LogP contribution < -0.4 is 5.32 Å². The molecule has 1 atom stereocenters. The van der Waals surface area contributed by atoms with Gasteiger partial charge in [0.2, 0.25) is 5.91 Å². The van der Waals surface area contributed by atoms with E-state index in [9.17, 15) is 4.79 Å². The standard InChI is InChI=1S/C18H16ClNO/c1-3-10-18(14-7-5-4-6-12(14)2)15-9-8-13(19)11-16(15)20-17(18)21/h3-9,11H,1,10H2,2H3,(H,20,21). The Morgan fingerprint density at radius 1 is 1.24 bits per heavy atom. The van der Waals surface area contributed by atoms with Crippen LogP contribution in [0.4, 0.5) is 5.69 Å². The van der Waals surface area contributed by atoms with Gasteiger partial charge in [-0.05, 0) is 42.2 Å². The number of allylic oxidation sites excluding steroid dienone is 1. The van der Waals surface area contributed by atoms with Crippen LogP contribution in [-0.2, 0) is 10.2 Å². The summed E-state index contributed by atoms with van der Waals surface area (Å²) in [5.41, 5.74) is 3.15. The number of nitrogens with one attached hydrogen (secondary N) is 1. The van der Waals surface area contributed by atoms with Crippen LogP contribution in [-0.4, -0.2) is 5.91 Å². The molecule has 1 amide bonds. The molecule has 0 fully saturated rings. The van der Waals surface area contributed by atoms with Gasteiger partial charge in [0.25, 0.3) is 0 Å². The molecule has 2 aromatic rings. The van der Waals surface area contributed by atoms with Gasteiger partial charge in [0.05, 0.1) is 0 Å². The van der Waals surface area contributed by atoms with Gasteiger partial charge >= 0.3 is 0 Å². The molecule has 2 aromatic carbocycles. The highest BCUT2D eigenvalue weighted by molar-refractivity contribution is 6.31. The Balaban J connectivity index is 2.31. The summed E-state index contributed by atoms with van der Waals surface area (Å²) in [5.74, 6) is -0.0195. The van der Waals surface area contributed by atoms with E-state index in [0.29, 0.717) is 11.4 Å². The first-order chi connectivity index (χ1) is 10.1. The van der Waals surface area contributed by atoms with E-state index < -0.39 is 5.41 Å². The SMILES string of the molecule is C=CCC1(c2ccccc2C)C(=O)Nc2cc(Cl)ccc21. The lowest BCUT2D eigenvalue weighted by molar-refractivity contribution is -0.119. The molecule has 2 nitrogen and oxygen atoms in total. The third-order valence-corrected chi connectivity index (χ3v) is 4.37. The fourth-order valence-electron chi connectivity index (χ4n) is 3.19. The van der Waals surface area contributed by atoms with Gasteiger partial charge in [0.1, 0.15) is 5.41 Å². The summed E-state index contributed by atoms with van der Waals surface area (Å²) in [5, 5.41) is 3.59. The van der Waals surface area contributed by atoms with Crippen molar-refractivity contribution in [3.8, 4) is 0 Å². The van der Waals surface area contributed by atoms with Gasteiger partial charge in [-0.2, -0.15) is 0 Å². The summed E-state index contributed by atoms with van der Waals surface area (Å²) >= 11 is 6.05. The van der Waals surface area contributed by atoms with Crippen LogP contribution in [0.5, 0.6) is 0 Å². The molecule has 0 aliphatic carbocycles. The highest BCUT2D eigenvalue weighted by atomic mass is 35.5. The second-order valence-corrected chi connectivity index (χ2v) is 5.79. The molecule has 0 saturated heterocycles. The monoisotopic (exact) mass is 297 g/mol. The largest absolute Gasteiger partial charge is 0.325 e. The maximum Gasteiger partial charge on any atom is 0.239 e. The van der Waals surface area contributed by atoms with Crippen molar-refractivity contribution in [3.63, 3.8) is 0 Å². The summed E-state index contributed by atoms with van der Waals surface area (Å²) in [6, 6.07) is 13.6. The van der Waals surface area contributed by atoms with Gasteiger partial charge in [-0.25, -0.2) is 0 Å². The van der Waals surface area contributed by atoms with Crippen LogP contribution in [0, 0.1) is 6.92 Å². The van der Waals surface area contributed by atoms with Gasteiger partial charge in [0, 0.05) is 10.7 Å². The number of amides is 1. The number of halogens is 1. The molecule has 3 rings (SSSR count). The lowest BCUT2D eigenvalue weighted by Gasteiger charge is -2.28. The molecule has 1 aliphatic heterocycles. The highest BCUT2D eigenvalue weighted by Gasteiger charge is 2.47. The Morgan fingerprint density at radius 3 is 2.71 bits per heavy atom. The third-order valence-electron chi connectivity index (χ3n) is 4.13. The number of rotatable bonds is 3. The number of anilines is 1. The minimum Gasteiger partial charge on any atom is -0.325 e. The van der Waals surface area contributed by atoms with E-state index in [1.165, 1.54) is 0 Å². The van der Waals surface area contributed by atoms with Gasteiger partial charge in [0.15, 0.2) is 0 Å². The first-order valence-corrected chi connectivity index (χ1v) is 7.26. The third kappa shape index (κ3) is 1.98. The topological polar surface area (TPSA) is 29.1 Å². The van der Waals surface area contributed by atoms with Crippen molar-refractivity contribution >= 4 is 23.2 Å². The highest BCUT2D eigenvalue weighted by Crippen LogP contribution is 2.47. The van der Waals surface area contributed by atoms with E-state index in [-0.39, 0.29) is 5.91 Å². The molecule has 1 N–H and O–H groups in total. The van der Waals surface area contributed by atoms with Crippen molar-refractivity contribution in [2.75, 3.05) is 5.32 Å². The summed E-state index contributed by atoms with van der Waals surface area (Å²) in [6.45, 7) is 5.87. The Hall–Kier alpha value is -2.06. The molecular weight excluding hydrogens is 282 g/mol. The number of carbonyl (C=O) groups excluding carboxylic acids is 1. The minimum atomic E-state index is -0.715. The predicted molar refractivity (Wildman–Crippen MR) is 86.9 cm³/mol. The smallest absolute Gasteiger partial charge is 0.239 e. The fourth-order valence-corrected chi connectivity index (χ4v) is 3.36. The van der Waals surface area contributed by atoms with E-state index in [4.69, 9.17) is 11.6 Å². The Labute approximate surface area is 129 Å². The van der Waals surface area contributed by atoms with Gasteiger partial charge in [-0.3, -0.25) is 4.79 Å². The number of hydrogen-bond donors (Lipinski definition) is 1. The second kappa shape index (κ2) is 5.05. The molecule has 106 valence electrons. The van der Waals surface area contributed by atoms with Crippen molar-refractivity contribution in [1.82, 2.24) is 0 Å². The average Bonchev–Trinajstić information content (AvgIpc) is 2.72. The number of aryl methyl sites for hydroxylation is 1. The Bertz CT molecular complexity index is 738. The minimum absolute atomic E-state index is 0.0195. The summed E-state index contributed by atoms with van der Waals surface area (Å²) in [4.78, 5) is 12.8. The van der Waals surface area contributed by atoms with Crippen LogP contribution in [0.1, 0.15) is 23.1 Å². The van der Waals surface area contributed by atoms with Crippen molar-refractivity contribution < 1.29 is 4.79 Å². The molecule has 3 heteroatoms. The summed E-state index contributed by atoms with van der Waals surface area (Å²) < 4.78 is 0. The zero-order chi connectivity index (χ0) is 15.0. The van der Waals surface area contributed by atoms with E-state index in [1.54, 1.807) is 12.1 Å². The van der Waals surface area contributed by atoms with Crippen LogP contribution in [0.15, 0.2) is 55.1 Å². The lowest BCUT2D eigenvalue weighted by Crippen LogP contribution is -2.36. The van der Waals surface area contributed by atoms with E-state index in [0.717, 1.165) is 22.4 Å². The maximum atomic E-state index is 12.8. The normalized spacial score (nSPS) is 20.0. The zero-order valence-electron chi connectivity index (χ0n) is 11.8. The zero-order valence-corrected chi connectivity index (χ0v) is 12.6. The van der Waals surface area contributed by atoms with E-state index in [1.807, 2.05) is 43.3 Å². The second-order valence-electron chi connectivity index (χ2n) is 5.36. The van der Waals surface area contributed by atoms with Crippen LogP contribution in [0.25, 0.3) is 0 Å². The van der Waals surface area contributed by atoms with Crippen LogP contribution in [0.2, 0.25) is 5.02 Å². The van der Waals surface area contributed by atoms with Gasteiger partial charge in [-0.15, -0.1) is 6.58 Å². The summed E-state index contributed by atoms with van der Waals surface area (Å²) in [7, 11) is 0. The molecule has 1 aliphatic rings. The molecular formula is C18H16ClNO. The fraction of sp³-hybridized carbons (Fsp3) is 0.167. The van der Waals surface area contributed by atoms with Crippen LogP contribution >= 0.6 is 11.6 Å². The lowest BCUT2D eigenvalue weighted by atomic mass is 9.71. The molecule has 1 heterocycles. The van der Waals surface area contributed by atoms with Gasteiger partial charge < -0.3 is 5.32 Å². The van der Waals surface area contributed by atoms with Crippen molar-refractivity contribution in [2.45, 2.75) is 18.8 Å².